The Morgan fingerprint density at radius 2 is 1.95 bits per heavy atom. The Labute approximate surface area is 134 Å². The molecule has 0 saturated carbocycles. The molecule has 1 aliphatic rings. The first-order valence-electron chi connectivity index (χ1n) is 7.65. The van der Waals surface area contributed by atoms with Gasteiger partial charge in [-0.05, 0) is 25.1 Å². The van der Waals surface area contributed by atoms with Crippen molar-refractivity contribution in [3.8, 4) is 0 Å². The number of hydrogen-bond donors (Lipinski definition) is 1. The molecule has 0 radical (unpaired) electrons. The van der Waals surface area contributed by atoms with Crippen molar-refractivity contribution in [2.75, 3.05) is 7.11 Å². The van der Waals surface area contributed by atoms with Gasteiger partial charge in [-0.1, -0.05) is 26.8 Å². The van der Waals surface area contributed by atoms with Crippen molar-refractivity contribution >= 4 is 20.2 Å². The van der Waals surface area contributed by atoms with E-state index < -0.39 is 14.2 Å². The van der Waals surface area contributed by atoms with Crippen molar-refractivity contribution in [1.82, 2.24) is 5.32 Å². The number of carbonyl (C=O) groups is 2. The Morgan fingerprint density at radius 3 is 2.32 bits per heavy atom. The molecule has 0 aromatic heterocycles. The van der Waals surface area contributed by atoms with Crippen LogP contribution >= 0.6 is 0 Å². The van der Waals surface area contributed by atoms with Gasteiger partial charge in [-0.25, -0.2) is 0 Å². The van der Waals surface area contributed by atoms with Crippen LogP contribution in [0.2, 0.25) is 18.1 Å². The van der Waals surface area contributed by atoms with Crippen LogP contribution in [0.3, 0.4) is 0 Å². The van der Waals surface area contributed by atoms with Crippen LogP contribution in [0, 0.1) is 11.8 Å². The minimum atomic E-state index is -1.97. The molecule has 4 atom stereocenters. The maximum absolute atomic E-state index is 12.0. The SMILES string of the molecule is C=C[C@@H](C(=O)OC)[C@H]1NC(=O)[C@@H]1[C@@H](C)O[Si](C)(C)C(C)(C)C. The molecule has 22 heavy (non-hydrogen) atoms. The standard InChI is InChI=1S/C16H29NO4Si/c1-9-11(15(19)20-6)13-12(14(18)17-13)10(2)21-22(7,8)16(3,4)5/h9-13H,1H2,2-8H3,(H,17,18)/t10-,11-,12-,13-/m1/s1. The van der Waals surface area contributed by atoms with Crippen molar-refractivity contribution in [3.63, 3.8) is 0 Å². The van der Waals surface area contributed by atoms with Crippen LogP contribution in [0.25, 0.3) is 0 Å². The van der Waals surface area contributed by atoms with E-state index >= 15 is 0 Å². The summed E-state index contributed by atoms with van der Waals surface area (Å²) >= 11 is 0. The molecule has 0 bridgehead atoms. The van der Waals surface area contributed by atoms with E-state index in [4.69, 9.17) is 9.16 Å². The summed E-state index contributed by atoms with van der Waals surface area (Å²) in [5.41, 5.74) is 0. The number of ether oxygens (including phenoxy) is 1. The molecule has 1 amide bonds. The number of nitrogens with one attached hydrogen (secondary N) is 1. The molecular weight excluding hydrogens is 298 g/mol. The van der Waals surface area contributed by atoms with E-state index in [1.54, 1.807) is 0 Å². The summed E-state index contributed by atoms with van der Waals surface area (Å²) in [6, 6.07) is -0.308. The maximum Gasteiger partial charge on any atom is 0.314 e. The van der Waals surface area contributed by atoms with Crippen LogP contribution in [-0.4, -0.2) is 39.4 Å². The molecule has 0 spiro atoms. The molecule has 5 nitrogen and oxygen atoms in total. The van der Waals surface area contributed by atoms with E-state index in [9.17, 15) is 9.59 Å². The first-order chi connectivity index (χ1) is 9.96. The van der Waals surface area contributed by atoms with E-state index in [2.05, 4.69) is 45.8 Å². The van der Waals surface area contributed by atoms with Gasteiger partial charge in [-0.15, -0.1) is 6.58 Å². The lowest BCUT2D eigenvalue weighted by molar-refractivity contribution is -0.152. The molecule has 6 heteroatoms. The number of rotatable bonds is 6. The molecule has 1 N–H and O–H groups in total. The van der Waals surface area contributed by atoms with Crippen molar-refractivity contribution in [2.24, 2.45) is 11.8 Å². The molecular formula is C16H29NO4Si. The predicted molar refractivity (Wildman–Crippen MR) is 88.9 cm³/mol. The van der Waals surface area contributed by atoms with Crippen molar-refractivity contribution in [1.29, 1.82) is 0 Å². The van der Waals surface area contributed by atoms with Crippen molar-refractivity contribution in [3.05, 3.63) is 12.7 Å². The van der Waals surface area contributed by atoms with E-state index in [1.807, 2.05) is 6.92 Å². The van der Waals surface area contributed by atoms with Crippen LogP contribution in [0.4, 0.5) is 0 Å². The van der Waals surface area contributed by atoms with E-state index in [0.717, 1.165) is 0 Å². The lowest BCUT2D eigenvalue weighted by Gasteiger charge is -2.46. The number of carbonyl (C=O) groups excluding carboxylic acids is 2. The van der Waals surface area contributed by atoms with Crippen LogP contribution < -0.4 is 5.32 Å². The second-order valence-corrected chi connectivity index (χ2v) is 12.2. The molecule has 0 unspecified atom stereocenters. The smallest absolute Gasteiger partial charge is 0.314 e. The monoisotopic (exact) mass is 327 g/mol. The summed E-state index contributed by atoms with van der Waals surface area (Å²) in [5, 5.41) is 2.86. The minimum Gasteiger partial charge on any atom is -0.469 e. The van der Waals surface area contributed by atoms with Crippen molar-refractivity contribution in [2.45, 2.75) is 58.0 Å². The molecule has 0 aromatic rings. The predicted octanol–water partition coefficient (Wildman–Crippen LogP) is 2.49. The van der Waals surface area contributed by atoms with Gasteiger partial charge in [-0.2, -0.15) is 0 Å². The van der Waals surface area contributed by atoms with Gasteiger partial charge in [0.2, 0.25) is 5.91 Å². The Kier molecular flexibility index (Phi) is 5.62. The molecule has 0 aliphatic carbocycles. The maximum atomic E-state index is 12.0. The fraction of sp³-hybridized carbons (Fsp3) is 0.750. The van der Waals surface area contributed by atoms with Gasteiger partial charge < -0.3 is 14.5 Å². The molecule has 1 saturated heterocycles. The summed E-state index contributed by atoms with van der Waals surface area (Å²) in [6.07, 6.45) is 1.29. The Morgan fingerprint density at radius 1 is 1.41 bits per heavy atom. The Hall–Kier alpha value is -1.14. The van der Waals surface area contributed by atoms with Gasteiger partial charge in [-0.3, -0.25) is 9.59 Å². The van der Waals surface area contributed by atoms with Gasteiger partial charge in [0.05, 0.1) is 31.1 Å². The van der Waals surface area contributed by atoms with Gasteiger partial charge in [0.25, 0.3) is 0 Å². The lowest BCUT2D eigenvalue weighted by atomic mass is 9.78. The van der Waals surface area contributed by atoms with Gasteiger partial charge in [0, 0.05) is 0 Å². The summed E-state index contributed by atoms with van der Waals surface area (Å²) in [7, 11) is -0.638. The summed E-state index contributed by atoms with van der Waals surface area (Å²) in [5.74, 6) is -1.36. The topological polar surface area (TPSA) is 64.6 Å². The first-order valence-corrected chi connectivity index (χ1v) is 10.6. The second-order valence-electron chi connectivity index (χ2n) is 7.43. The largest absolute Gasteiger partial charge is 0.469 e. The third-order valence-electron chi connectivity index (χ3n) is 4.91. The zero-order valence-electron chi connectivity index (χ0n) is 14.7. The molecule has 1 rings (SSSR count). The Balaban J connectivity index is 2.87. The number of hydrogen-bond acceptors (Lipinski definition) is 4. The minimum absolute atomic E-state index is 0.0666. The summed E-state index contributed by atoms with van der Waals surface area (Å²) in [4.78, 5) is 23.8. The van der Waals surface area contributed by atoms with Gasteiger partial charge >= 0.3 is 5.97 Å². The van der Waals surface area contributed by atoms with Crippen molar-refractivity contribution < 1.29 is 18.8 Å². The Bertz CT molecular complexity index is 456. The van der Waals surface area contributed by atoms with Crippen LogP contribution in [0.1, 0.15) is 27.7 Å². The van der Waals surface area contributed by atoms with Crippen LogP contribution in [-0.2, 0) is 18.8 Å². The van der Waals surface area contributed by atoms with E-state index in [0.29, 0.717) is 0 Å². The second kappa shape index (κ2) is 6.54. The summed E-state index contributed by atoms with van der Waals surface area (Å²) in [6.45, 7) is 16.4. The fourth-order valence-electron chi connectivity index (χ4n) is 2.48. The molecule has 1 heterocycles. The highest BCUT2D eigenvalue weighted by atomic mass is 28.4. The number of esters is 1. The van der Waals surface area contributed by atoms with E-state index in [1.165, 1.54) is 13.2 Å². The average Bonchev–Trinajstić information content (AvgIpc) is 2.35. The molecule has 126 valence electrons. The molecule has 1 fully saturated rings. The van der Waals surface area contributed by atoms with Gasteiger partial charge in [0.15, 0.2) is 8.32 Å². The highest BCUT2D eigenvalue weighted by Gasteiger charge is 2.51. The molecule has 1 aliphatic heterocycles. The van der Waals surface area contributed by atoms with Gasteiger partial charge in [0.1, 0.15) is 0 Å². The quantitative estimate of drug-likeness (QED) is 0.352. The van der Waals surface area contributed by atoms with Crippen LogP contribution in [0.15, 0.2) is 12.7 Å². The number of β-lactam (4-membered cyclic amide) rings is 1. The molecule has 0 aromatic carbocycles. The first kappa shape index (κ1) is 18.9. The normalized spacial score (nSPS) is 24.8. The fourth-order valence-corrected chi connectivity index (χ4v) is 3.91. The summed E-state index contributed by atoms with van der Waals surface area (Å²) < 4.78 is 11.1. The third kappa shape index (κ3) is 3.60. The lowest BCUT2D eigenvalue weighted by Crippen LogP contribution is -2.67. The van der Waals surface area contributed by atoms with Crippen LogP contribution in [0.5, 0.6) is 0 Å². The zero-order valence-corrected chi connectivity index (χ0v) is 15.7. The third-order valence-corrected chi connectivity index (χ3v) is 9.48. The zero-order chi connectivity index (χ0) is 17.3. The highest BCUT2D eigenvalue weighted by molar-refractivity contribution is 6.74. The number of amides is 1. The average molecular weight is 327 g/mol. The number of methoxy groups -OCH3 is 1. The highest BCUT2D eigenvalue weighted by Crippen LogP contribution is 2.39. The van der Waals surface area contributed by atoms with E-state index in [-0.39, 0.29) is 35.0 Å².